The summed E-state index contributed by atoms with van der Waals surface area (Å²) < 4.78 is 2.21. The highest BCUT2D eigenvalue weighted by molar-refractivity contribution is 6.14. The summed E-state index contributed by atoms with van der Waals surface area (Å²) in [5.74, 6) is -0.305. The molecule has 4 rings (SSSR count). The highest BCUT2D eigenvalue weighted by Crippen LogP contribution is 2.28. The van der Waals surface area contributed by atoms with Gasteiger partial charge in [-0.1, -0.05) is 48.5 Å². The molecule has 5 nitrogen and oxygen atoms in total. The van der Waals surface area contributed by atoms with E-state index in [1.807, 2.05) is 43.3 Å². The maximum absolute atomic E-state index is 12.9. The number of carbonyl (C=O) groups excluding carboxylic acids is 2. The van der Waals surface area contributed by atoms with Crippen molar-refractivity contribution in [1.29, 1.82) is 0 Å². The number of hydrogen-bond donors (Lipinski definition) is 1. The zero-order valence-electron chi connectivity index (χ0n) is 17.7. The molecule has 1 aliphatic rings. The molecule has 5 heteroatoms. The van der Waals surface area contributed by atoms with Gasteiger partial charge >= 0.3 is 6.03 Å². The fourth-order valence-corrected chi connectivity index (χ4v) is 4.07. The van der Waals surface area contributed by atoms with Crippen molar-refractivity contribution in [1.82, 2.24) is 14.8 Å². The largest absolute Gasteiger partial charge is 0.329 e. The van der Waals surface area contributed by atoms with Crippen molar-refractivity contribution in [3.05, 3.63) is 93.9 Å². The molecule has 1 fully saturated rings. The first-order valence-corrected chi connectivity index (χ1v) is 10.0. The van der Waals surface area contributed by atoms with Crippen LogP contribution in [0, 0.1) is 27.7 Å². The molecule has 2 aromatic carbocycles. The predicted octanol–water partition coefficient (Wildman–Crippen LogP) is 4.80. The molecule has 0 radical (unpaired) electrons. The van der Waals surface area contributed by atoms with Gasteiger partial charge in [0.2, 0.25) is 0 Å². The monoisotopic (exact) mass is 399 g/mol. The van der Waals surface area contributed by atoms with Crippen molar-refractivity contribution in [3.8, 4) is 5.69 Å². The Balaban J connectivity index is 1.68. The summed E-state index contributed by atoms with van der Waals surface area (Å²) in [6.07, 6.45) is 1.78. The number of rotatable bonds is 4. The second-order valence-corrected chi connectivity index (χ2v) is 7.77. The van der Waals surface area contributed by atoms with Crippen LogP contribution in [-0.4, -0.2) is 21.4 Å². The number of aromatic nitrogens is 1. The number of urea groups is 1. The first kappa shape index (κ1) is 19.7. The molecule has 3 amide bonds. The lowest BCUT2D eigenvalue weighted by atomic mass is 10.1. The van der Waals surface area contributed by atoms with E-state index in [4.69, 9.17) is 0 Å². The zero-order chi connectivity index (χ0) is 21.4. The van der Waals surface area contributed by atoms with E-state index in [2.05, 4.69) is 48.9 Å². The number of carbonyl (C=O) groups is 2. The van der Waals surface area contributed by atoms with Crippen molar-refractivity contribution < 1.29 is 9.59 Å². The zero-order valence-corrected chi connectivity index (χ0v) is 17.7. The van der Waals surface area contributed by atoms with Crippen LogP contribution >= 0.6 is 0 Å². The molecule has 0 unspecified atom stereocenters. The third kappa shape index (κ3) is 3.43. The Kier molecular flexibility index (Phi) is 5.04. The van der Waals surface area contributed by atoms with Crippen molar-refractivity contribution in [2.75, 3.05) is 0 Å². The van der Waals surface area contributed by atoms with Gasteiger partial charge in [-0.15, -0.1) is 0 Å². The molecule has 0 saturated carbocycles. The summed E-state index contributed by atoms with van der Waals surface area (Å²) in [6, 6.07) is 17.4. The Labute approximate surface area is 176 Å². The van der Waals surface area contributed by atoms with Crippen LogP contribution < -0.4 is 5.32 Å². The van der Waals surface area contributed by atoms with E-state index in [1.54, 1.807) is 6.08 Å². The Bertz CT molecular complexity index is 1150. The first-order chi connectivity index (χ1) is 14.4. The topological polar surface area (TPSA) is 54.3 Å². The molecule has 1 saturated heterocycles. The molecule has 0 aliphatic carbocycles. The fraction of sp³-hybridized carbons (Fsp3) is 0.200. The number of benzene rings is 2. The second kappa shape index (κ2) is 7.67. The Morgan fingerprint density at radius 3 is 2.23 bits per heavy atom. The lowest BCUT2D eigenvalue weighted by Crippen LogP contribution is -2.30. The van der Waals surface area contributed by atoms with E-state index in [-0.39, 0.29) is 12.5 Å². The van der Waals surface area contributed by atoms with E-state index >= 15 is 0 Å². The predicted molar refractivity (Wildman–Crippen MR) is 118 cm³/mol. The van der Waals surface area contributed by atoms with E-state index in [0.29, 0.717) is 5.70 Å². The Morgan fingerprint density at radius 2 is 1.57 bits per heavy atom. The van der Waals surface area contributed by atoms with Crippen LogP contribution in [0.3, 0.4) is 0 Å². The minimum atomic E-state index is -0.390. The van der Waals surface area contributed by atoms with Crippen LogP contribution in [-0.2, 0) is 11.3 Å². The minimum Gasteiger partial charge on any atom is -0.317 e. The van der Waals surface area contributed by atoms with Gasteiger partial charge in [-0.3, -0.25) is 9.69 Å². The third-order valence-corrected chi connectivity index (χ3v) is 5.58. The average Bonchev–Trinajstić information content (AvgIpc) is 3.13. The van der Waals surface area contributed by atoms with Crippen LogP contribution in [0.5, 0.6) is 0 Å². The SMILES string of the molecule is Cc1cccc(C)c1-n1c(C)cc(/C=C2/NC(=O)N(Cc3ccccc3)C2=O)c1C. The van der Waals surface area contributed by atoms with Crippen LogP contribution in [0.1, 0.15) is 33.6 Å². The fourth-order valence-electron chi connectivity index (χ4n) is 4.07. The molecule has 0 spiro atoms. The van der Waals surface area contributed by atoms with E-state index in [1.165, 1.54) is 16.0 Å². The van der Waals surface area contributed by atoms with E-state index in [0.717, 1.165) is 28.2 Å². The molecule has 3 aromatic rings. The number of imide groups is 1. The standard InChI is InChI=1S/C25H25N3O2/c1-16-9-8-10-17(2)23(16)28-18(3)13-21(19(28)4)14-22-24(29)27(25(30)26-22)15-20-11-6-5-7-12-20/h5-14H,15H2,1-4H3,(H,26,30)/b22-14+. The van der Waals surface area contributed by atoms with Crippen molar-refractivity contribution in [2.24, 2.45) is 0 Å². The van der Waals surface area contributed by atoms with Crippen LogP contribution in [0.25, 0.3) is 11.8 Å². The number of aryl methyl sites for hydroxylation is 3. The molecule has 2 heterocycles. The van der Waals surface area contributed by atoms with Gasteiger partial charge in [-0.25, -0.2) is 4.79 Å². The lowest BCUT2D eigenvalue weighted by molar-refractivity contribution is -0.123. The highest BCUT2D eigenvalue weighted by Gasteiger charge is 2.33. The maximum Gasteiger partial charge on any atom is 0.329 e. The average molecular weight is 399 g/mol. The molecule has 152 valence electrons. The molecule has 1 aliphatic heterocycles. The van der Waals surface area contributed by atoms with Gasteiger partial charge in [0.05, 0.1) is 12.2 Å². The number of amides is 3. The summed E-state index contributed by atoms with van der Waals surface area (Å²) in [6.45, 7) is 8.54. The van der Waals surface area contributed by atoms with Gasteiger partial charge in [-0.2, -0.15) is 0 Å². The van der Waals surface area contributed by atoms with Crippen LogP contribution in [0.15, 0.2) is 60.3 Å². The van der Waals surface area contributed by atoms with Crippen molar-refractivity contribution >= 4 is 18.0 Å². The summed E-state index contributed by atoms with van der Waals surface area (Å²) in [7, 11) is 0. The first-order valence-electron chi connectivity index (χ1n) is 10.0. The molecule has 1 aromatic heterocycles. The van der Waals surface area contributed by atoms with E-state index < -0.39 is 6.03 Å². The van der Waals surface area contributed by atoms with Gasteiger partial charge in [0.25, 0.3) is 5.91 Å². The second-order valence-electron chi connectivity index (χ2n) is 7.77. The molecule has 30 heavy (non-hydrogen) atoms. The molecule has 1 N–H and O–H groups in total. The Morgan fingerprint density at radius 1 is 0.900 bits per heavy atom. The van der Waals surface area contributed by atoms with Gasteiger partial charge in [0.1, 0.15) is 5.70 Å². The minimum absolute atomic E-state index is 0.254. The summed E-state index contributed by atoms with van der Waals surface area (Å²) in [4.78, 5) is 26.5. The third-order valence-electron chi connectivity index (χ3n) is 5.58. The molecular weight excluding hydrogens is 374 g/mol. The van der Waals surface area contributed by atoms with Gasteiger partial charge < -0.3 is 9.88 Å². The van der Waals surface area contributed by atoms with Crippen LogP contribution in [0.2, 0.25) is 0 Å². The molecule has 0 bridgehead atoms. The number of hydrogen-bond acceptors (Lipinski definition) is 2. The van der Waals surface area contributed by atoms with Gasteiger partial charge in [-0.05, 0) is 62.1 Å². The Hall–Kier alpha value is -3.60. The highest BCUT2D eigenvalue weighted by atomic mass is 16.2. The molecule has 0 atom stereocenters. The number of nitrogens with one attached hydrogen (secondary N) is 1. The summed E-state index contributed by atoms with van der Waals surface area (Å²) >= 11 is 0. The number of para-hydroxylation sites is 1. The lowest BCUT2D eigenvalue weighted by Gasteiger charge is -2.15. The van der Waals surface area contributed by atoms with Gasteiger partial charge in [0.15, 0.2) is 0 Å². The van der Waals surface area contributed by atoms with Crippen molar-refractivity contribution in [2.45, 2.75) is 34.2 Å². The summed E-state index contributed by atoms with van der Waals surface area (Å²) in [5.41, 5.74) is 7.78. The van der Waals surface area contributed by atoms with Crippen molar-refractivity contribution in [3.63, 3.8) is 0 Å². The smallest absolute Gasteiger partial charge is 0.317 e. The number of nitrogens with zero attached hydrogens (tertiary/aromatic N) is 2. The molecular formula is C25H25N3O2. The maximum atomic E-state index is 12.9. The van der Waals surface area contributed by atoms with E-state index in [9.17, 15) is 9.59 Å². The normalized spacial score (nSPS) is 15.2. The van der Waals surface area contributed by atoms with Gasteiger partial charge in [0, 0.05) is 11.4 Å². The quantitative estimate of drug-likeness (QED) is 0.506. The van der Waals surface area contributed by atoms with Crippen LogP contribution in [0.4, 0.5) is 4.79 Å². The summed E-state index contributed by atoms with van der Waals surface area (Å²) in [5, 5.41) is 2.73.